The molecule has 100 valence electrons. The van der Waals surface area contributed by atoms with Gasteiger partial charge >= 0.3 is 5.69 Å². The number of halogens is 1. The highest BCUT2D eigenvalue weighted by Gasteiger charge is 2.11. The average Bonchev–Trinajstić information content (AvgIpc) is 2.80. The predicted molar refractivity (Wildman–Crippen MR) is 78.5 cm³/mol. The van der Waals surface area contributed by atoms with Gasteiger partial charge in [0, 0.05) is 16.1 Å². The Hall–Kier alpha value is -2.33. The SMILES string of the molecule is Cc1cc(C(=O)c2ccc3[nH]c(=O)[nH]c3c2)ccc1Cl. The fourth-order valence-electron chi connectivity index (χ4n) is 2.13. The van der Waals surface area contributed by atoms with Gasteiger partial charge in [-0.3, -0.25) is 4.79 Å². The van der Waals surface area contributed by atoms with Crippen LogP contribution in [0.5, 0.6) is 0 Å². The van der Waals surface area contributed by atoms with Crippen molar-refractivity contribution >= 4 is 28.4 Å². The lowest BCUT2D eigenvalue weighted by Gasteiger charge is -2.04. The van der Waals surface area contributed by atoms with Crippen LogP contribution in [0.3, 0.4) is 0 Å². The van der Waals surface area contributed by atoms with E-state index in [1.54, 1.807) is 36.4 Å². The van der Waals surface area contributed by atoms with E-state index in [1.807, 2.05) is 6.92 Å². The third kappa shape index (κ3) is 2.14. The molecular weight excluding hydrogens is 276 g/mol. The number of aryl methyl sites for hydroxylation is 1. The van der Waals surface area contributed by atoms with Crippen molar-refractivity contribution in [1.29, 1.82) is 0 Å². The molecule has 2 aromatic carbocycles. The molecule has 5 heteroatoms. The number of aromatic nitrogens is 2. The second-order valence-electron chi connectivity index (χ2n) is 4.63. The van der Waals surface area contributed by atoms with Crippen molar-refractivity contribution in [2.75, 3.05) is 0 Å². The third-order valence-electron chi connectivity index (χ3n) is 3.20. The minimum absolute atomic E-state index is 0.103. The Bertz CT molecular complexity index is 877. The molecule has 0 amide bonds. The molecule has 0 aliphatic rings. The Morgan fingerprint density at radius 2 is 1.65 bits per heavy atom. The maximum absolute atomic E-state index is 12.4. The Balaban J connectivity index is 2.07. The third-order valence-corrected chi connectivity index (χ3v) is 3.62. The van der Waals surface area contributed by atoms with Crippen LogP contribution in [0.4, 0.5) is 0 Å². The van der Waals surface area contributed by atoms with Crippen molar-refractivity contribution in [2.24, 2.45) is 0 Å². The van der Waals surface area contributed by atoms with E-state index in [1.165, 1.54) is 0 Å². The summed E-state index contributed by atoms with van der Waals surface area (Å²) in [5.41, 5.74) is 2.96. The molecule has 1 heterocycles. The summed E-state index contributed by atoms with van der Waals surface area (Å²) in [6.07, 6.45) is 0. The van der Waals surface area contributed by atoms with Crippen molar-refractivity contribution in [3.63, 3.8) is 0 Å². The molecule has 3 rings (SSSR count). The highest BCUT2D eigenvalue weighted by atomic mass is 35.5. The lowest BCUT2D eigenvalue weighted by molar-refractivity contribution is 0.103. The number of ketones is 1. The van der Waals surface area contributed by atoms with Crippen LogP contribution in [0.2, 0.25) is 5.02 Å². The summed E-state index contributed by atoms with van der Waals surface area (Å²) < 4.78 is 0. The van der Waals surface area contributed by atoms with Crippen LogP contribution < -0.4 is 5.69 Å². The van der Waals surface area contributed by atoms with Gasteiger partial charge in [0.2, 0.25) is 0 Å². The summed E-state index contributed by atoms with van der Waals surface area (Å²) in [5.74, 6) is -0.103. The molecule has 0 saturated carbocycles. The van der Waals surface area contributed by atoms with Gasteiger partial charge in [-0.1, -0.05) is 11.6 Å². The quantitative estimate of drug-likeness (QED) is 0.711. The van der Waals surface area contributed by atoms with Gasteiger partial charge in [-0.2, -0.15) is 0 Å². The normalized spacial score (nSPS) is 10.9. The van der Waals surface area contributed by atoms with Gasteiger partial charge in [-0.15, -0.1) is 0 Å². The van der Waals surface area contributed by atoms with Crippen LogP contribution >= 0.6 is 11.6 Å². The summed E-state index contributed by atoms with van der Waals surface area (Å²) in [5, 5.41) is 0.631. The second kappa shape index (κ2) is 4.65. The lowest BCUT2D eigenvalue weighted by atomic mass is 10.0. The molecular formula is C15H11ClN2O2. The van der Waals surface area contributed by atoms with Gasteiger partial charge in [-0.25, -0.2) is 4.79 Å². The predicted octanol–water partition coefficient (Wildman–Crippen LogP) is 3.05. The molecule has 0 aliphatic heterocycles. The number of carbonyl (C=O) groups is 1. The Labute approximate surface area is 119 Å². The zero-order valence-electron chi connectivity index (χ0n) is 10.7. The standard InChI is InChI=1S/C15H11ClN2O2/c1-8-6-9(2-4-11(8)16)14(19)10-3-5-12-13(7-10)18-15(20)17-12/h2-7H,1H3,(H2,17,18,20). The largest absolute Gasteiger partial charge is 0.323 e. The van der Waals surface area contributed by atoms with Crippen molar-refractivity contribution < 1.29 is 4.79 Å². The minimum atomic E-state index is -0.285. The number of nitrogens with one attached hydrogen (secondary N) is 2. The van der Waals surface area contributed by atoms with Crippen molar-refractivity contribution in [1.82, 2.24) is 9.97 Å². The zero-order valence-corrected chi connectivity index (χ0v) is 11.4. The molecule has 0 aliphatic carbocycles. The van der Waals surface area contributed by atoms with Crippen molar-refractivity contribution in [3.8, 4) is 0 Å². The maximum Gasteiger partial charge on any atom is 0.323 e. The lowest BCUT2D eigenvalue weighted by Crippen LogP contribution is -2.01. The van der Waals surface area contributed by atoms with E-state index in [0.717, 1.165) is 5.56 Å². The molecule has 0 atom stereocenters. The summed E-state index contributed by atoms with van der Waals surface area (Å²) in [6.45, 7) is 1.85. The number of aromatic amines is 2. The second-order valence-corrected chi connectivity index (χ2v) is 5.04. The molecule has 0 saturated heterocycles. The number of rotatable bonds is 2. The molecule has 0 spiro atoms. The topological polar surface area (TPSA) is 65.7 Å². The van der Waals surface area contributed by atoms with Crippen LogP contribution in [-0.4, -0.2) is 15.8 Å². The van der Waals surface area contributed by atoms with E-state index >= 15 is 0 Å². The van der Waals surface area contributed by atoms with Crippen LogP contribution in [0.15, 0.2) is 41.2 Å². The molecule has 0 fully saturated rings. The van der Waals surface area contributed by atoms with Crippen LogP contribution in [-0.2, 0) is 0 Å². The van der Waals surface area contributed by atoms with Crippen LogP contribution in [0.1, 0.15) is 21.5 Å². The Morgan fingerprint density at radius 3 is 2.40 bits per heavy atom. The number of carbonyl (C=O) groups excluding carboxylic acids is 1. The molecule has 1 aromatic heterocycles. The van der Waals surface area contributed by atoms with Gasteiger partial charge in [0.1, 0.15) is 0 Å². The fourth-order valence-corrected chi connectivity index (χ4v) is 2.24. The van der Waals surface area contributed by atoms with E-state index < -0.39 is 0 Å². The van der Waals surface area contributed by atoms with Gasteiger partial charge < -0.3 is 9.97 Å². The van der Waals surface area contributed by atoms with Crippen molar-refractivity contribution in [2.45, 2.75) is 6.92 Å². The van der Waals surface area contributed by atoms with E-state index in [9.17, 15) is 9.59 Å². The average molecular weight is 287 g/mol. The number of H-pyrrole nitrogens is 2. The number of hydrogen-bond donors (Lipinski definition) is 2. The first-order valence-corrected chi connectivity index (χ1v) is 6.45. The summed E-state index contributed by atoms with van der Waals surface area (Å²) >= 11 is 5.96. The molecule has 2 N–H and O–H groups in total. The molecule has 0 bridgehead atoms. The number of hydrogen-bond acceptors (Lipinski definition) is 2. The Kier molecular flexibility index (Phi) is 2.95. The highest BCUT2D eigenvalue weighted by Crippen LogP contribution is 2.19. The first-order chi connectivity index (χ1) is 9.54. The number of imidazole rings is 1. The fraction of sp³-hybridized carbons (Fsp3) is 0.0667. The molecule has 3 aromatic rings. The molecule has 0 radical (unpaired) electrons. The van der Waals surface area contributed by atoms with Gasteiger partial charge in [0.05, 0.1) is 11.0 Å². The molecule has 0 unspecified atom stereocenters. The smallest absolute Gasteiger partial charge is 0.306 e. The number of fused-ring (bicyclic) bond motifs is 1. The minimum Gasteiger partial charge on any atom is -0.306 e. The van der Waals surface area contributed by atoms with Gasteiger partial charge in [0.15, 0.2) is 5.78 Å². The summed E-state index contributed by atoms with van der Waals surface area (Å²) in [7, 11) is 0. The summed E-state index contributed by atoms with van der Waals surface area (Å²) in [4.78, 5) is 28.9. The first kappa shape index (κ1) is 12.7. The maximum atomic E-state index is 12.4. The summed E-state index contributed by atoms with van der Waals surface area (Å²) in [6, 6.07) is 10.2. The number of benzene rings is 2. The van der Waals surface area contributed by atoms with Gasteiger partial charge in [0.25, 0.3) is 0 Å². The Morgan fingerprint density at radius 1 is 1.00 bits per heavy atom. The zero-order chi connectivity index (χ0) is 14.3. The van der Waals surface area contributed by atoms with E-state index in [-0.39, 0.29) is 11.5 Å². The van der Waals surface area contributed by atoms with E-state index in [2.05, 4.69) is 9.97 Å². The molecule has 20 heavy (non-hydrogen) atoms. The molecule has 4 nitrogen and oxygen atoms in total. The van der Waals surface area contributed by atoms with Crippen molar-refractivity contribution in [3.05, 3.63) is 68.6 Å². The van der Waals surface area contributed by atoms with Crippen LogP contribution in [0, 0.1) is 6.92 Å². The van der Waals surface area contributed by atoms with E-state index in [0.29, 0.717) is 27.2 Å². The first-order valence-electron chi connectivity index (χ1n) is 6.07. The monoisotopic (exact) mass is 286 g/mol. The van der Waals surface area contributed by atoms with E-state index in [4.69, 9.17) is 11.6 Å². The van der Waals surface area contributed by atoms with Gasteiger partial charge in [-0.05, 0) is 48.9 Å². The van der Waals surface area contributed by atoms with Crippen LogP contribution in [0.25, 0.3) is 11.0 Å². The highest BCUT2D eigenvalue weighted by molar-refractivity contribution is 6.31.